The SMILES string of the molecule is C=C1SC([C@H]2CCCN2C(=O)Oc2ccccc2)=NN1C(=O)/C=C(\C)CC. The molecule has 2 aliphatic rings. The Morgan fingerprint density at radius 2 is 2.11 bits per heavy atom. The molecule has 27 heavy (non-hydrogen) atoms. The van der Waals surface area contributed by atoms with Crippen LogP contribution in [0, 0.1) is 0 Å². The lowest BCUT2D eigenvalue weighted by Crippen LogP contribution is -2.41. The van der Waals surface area contributed by atoms with E-state index in [1.54, 1.807) is 23.1 Å². The van der Waals surface area contributed by atoms with Crippen LogP contribution in [-0.4, -0.2) is 39.5 Å². The molecule has 0 spiro atoms. The second kappa shape index (κ2) is 8.43. The third-order valence-electron chi connectivity index (χ3n) is 4.51. The molecule has 0 unspecified atom stereocenters. The lowest BCUT2D eigenvalue weighted by atomic mass is 10.2. The number of rotatable bonds is 4. The van der Waals surface area contributed by atoms with E-state index in [9.17, 15) is 9.59 Å². The van der Waals surface area contributed by atoms with E-state index in [2.05, 4.69) is 11.7 Å². The Morgan fingerprint density at radius 1 is 1.37 bits per heavy atom. The van der Waals surface area contributed by atoms with E-state index in [0.29, 0.717) is 22.4 Å². The molecule has 7 heteroatoms. The van der Waals surface area contributed by atoms with Crippen LogP contribution in [0.3, 0.4) is 0 Å². The standard InChI is InChI=1S/C20H23N3O3S/c1-4-14(2)13-18(24)23-15(3)27-19(21-23)17-11-8-12-22(17)20(25)26-16-9-6-5-7-10-16/h5-7,9-10,13,17H,3-4,8,11-12H2,1-2H3/b14-13+/t17-/m1/s1. The number of thioether (sulfide) groups is 1. The van der Waals surface area contributed by atoms with Gasteiger partial charge in [0.15, 0.2) is 0 Å². The normalized spacial score (nSPS) is 20.1. The lowest BCUT2D eigenvalue weighted by Gasteiger charge is -2.23. The van der Waals surface area contributed by atoms with Crippen molar-refractivity contribution in [2.24, 2.45) is 5.10 Å². The molecule has 1 aromatic carbocycles. The fraction of sp³-hybridized carbons (Fsp3) is 0.350. The first-order chi connectivity index (χ1) is 13.0. The van der Waals surface area contributed by atoms with Gasteiger partial charge in [-0.25, -0.2) is 4.79 Å². The average molecular weight is 385 g/mol. The van der Waals surface area contributed by atoms with Gasteiger partial charge >= 0.3 is 6.09 Å². The maximum atomic E-state index is 12.6. The molecule has 2 amide bonds. The van der Waals surface area contributed by atoms with Crippen LogP contribution in [0.25, 0.3) is 0 Å². The molecule has 6 nitrogen and oxygen atoms in total. The summed E-state index contributed by atoms with van der Waals surface area (Å²) in [4.78, 5) is 26.7. The number of ether oxygens (including phenoxy) is 1. The van der Waals surface area contributed by atoms with Crippen molar-refractivity contribution in [3.63, 3.8) is 0 Å². The van der Waals surface area contributed by atoms with E-state index < -0.39 is 6.09 Å². The van der Waals surface area contributed by atoms with Gasteiger partial charge in [-0.15, -0.1) is 0 Å². The smallest absolute Gasteiger partial charge is 0.410 e. The Kier molecular flexibility index (Phi) is 6.01. The Balaban J connectivity index is 1.73. The summed E-state index contributed by atoms with van der Waals surface area (Å²) in [6.45, 7) is 8.45. The van der Waals surface area contributed by atoms with Crippen LogP contribution in [0.4, 0.5) is 4.79 Å². The van der Waals surface area contributed by atoms with Crippen molar-refractivity contribution in [2.75, 3.05) is 6.54 Å². The largest absolute Gasteiger partial charge is 0.415 e. The summed E-state index contributed by atoms with van der Waals surface area (Å²) < 4.78 is 5.47. The number of carbonyl (C=O) groups excluding carboxylic acids is 2. The molecule has 2 heterocycles. The molecule has 0 saturated carbocycles. The van der Waals surface area contributed by atoms with Crippen LogP contribution >= 0.6 is 11.8 Å². The zero-order valence-electron chi connectivity index (χ0n) is 15.6. The molecule has 1 saturated heterocycles. The minimum Gasteiger partial charge on any atom is -0.410 e. The second-order valence-electron chi connectivity index (χ2n) is 6.46. The number of hydrogen-bond donors (Lipinski definition) is 0. The summed E-state index contributed by atoms with van der Waals surface area (Å²) in [5.74, 6) is 0.300. The summed E-state index contributed by atoms with van der Waals surface area (Å²) in [5.41, 5.74) is 0.982. The topological polar surface area (TPSA) is 62.2 Å². The van der Waals surface area contributed by atoms with Gasteiger partial charge in [0.25, 0.3) is 5.91 Å². The number of amides is 2. The zero-order chi connectivity index (χ0) is 19.4. The van der Waals surface area contributed by atoms with E-state index in [-0.39, 0.29) is 11.9 Å². The lowest BCUT2D eigenvalue weighted by molar-refractivity contribution is -0.123. The first-order valence-electron chi connectivity index (χ1n) is 8.99. The Hall–Kier alpha value is -2.54. The third-order valence-corrected chi connectivity index (χ3v) is 5.49. The van der Waals surface area contributed by atoms with Crippen molar-refractivity contribution in [1.29, 1.82) is 0 Å². The molecule has 0 bridgehead atoms. The molecule has 2 aliphatic heterocycles. The van der Waals surface area contributed by atoms with Crippen molar-refractivity contribution in [3.8, 4) is 5.75 Å². The first kappa shape index (κ1) is 19.2. The van der Waals surface area contributed by atoms with Crippen molar-refractivity contribution in [2.45, 2.75) is 39.2 Å². The van der Waals surface area contributed by atoms with Gasteiger partial charge in [-0.1, -0.05) is 49.0 Å². The average Bonchev–Trinajstić information content (AvgIpc) is 3.29. The summed E-state index contributed by atoms with van der Waals surface area (Å²) in [5, 5.41) is 7.03. The highest BCUT2D eigenvalue weighted by Crippen LogP contribution is 2.35. The Bertz CT molecular complexity index is 804. The minimum atomic E-state index is -0.399. The van der Waals surface area contributed by atoms with Gasteiger partial charge in [-0.2, -0.15) is 10.1 Å². The summed E-state index contributed by atoms with van der Waals surface area (Å²) in [7, 11) is 0. The molecule has 1 aromatic rings. The van der Waals surface area contributed by atoms with Gasteiger partial charge in [-0.3, -0.25) is 9.69 Å². The molecule has 3 rings (SSSR count). The van der Waals surface area contributed by atoms with Gasteiger partial charge in [-0.05, 0) is 38.3 Å². The van der Waals surface area contributed by atoms with Gasteiger partial charge < -0.3 is 4.74 Å². The number of hydrogen-bond acceptors (Lipinski definition) is 5. The number of allylic oxidation sites excluding steroid dienone is 1. The molecule has 0 radical (unpaired) electrons. The quantitative estimate of drug-likeness (QED) is 0.722. The molecular formula is C20H23N3O3S. The first-order valence-corrected chi connectivity index (χ1v) is 9.81. The third kappa shape index (κ3) is 4.42. The van der Waals surface area contributed by atoms with Crippen molar-refractivity contribution < 1.29 is 14.3 Å². The number of nitrogens with zero attached hydrogens (tertiary/aromatic N) is 3. The van der Waals surface area contributed by atoms with E-state index >= 15 is 0 Å². The molecule has 0 aliphatic carbocycles. The second-order valence-corrected chi connectivity index (χ2v) is 7.55. The Labute approximate surface area is 163 Å². The highest BCUT2D eigenvalue weighted by atomic mass is 32.2. The van der Waals surface area contributed by atoms with Gasteiger partial charge in [0.2, 0.25) is 0 Å². The molecule has 0 aromatic heterocycles. The molecule has 142 valence electrons. The summed E-state index contributed by atoms with van der Waals surface area (Å²) in [6, 6.07) is 8.80. The van der Waals surface area contributed by atoms with E-state index in [0.717, 1.165) is 24.8 Å². The maximum Gasteiger partial charge on any atom is 0.415 e. The summed E-state index contributed by atoms with van der Waals surface area (Å²) in [6.07, 6.45) is 3.63. The monoisotopic (exact) mass is 385 g/mol. The van der Waals surface area contributed by atoms with E-state index in [1.807, 2.05) is 32.0 Å². The zero-order valence-corrected chi connectivity index (χ0v) is 16.4. The molecule has 0 N–H and O–H groups in total. The predicted octanol–water partition coefficient (Wildman–Crippen LogP) is 4.37. The number of likely N-dealkylation sites (tertiary alicyclic amines) is 1. The highest BCUT2D eigenvalue weighted by molar-refractivity contribution is 8.17. The van der Waals surface area contributed by atoms with Crippen molar-refractivity contribution in [3.05, 3.63) is 53.6 Å². The van der Waals surface area contributed by atoms with E-state index in [4.69, 9.17) is 4.74 Å². The van der Waals surface area contributed by atoms with Crippen LogP contribution in [0.15, 0.2) is 58.7 Å². The highest BCUT2D eigenvalue weighted by Gasteiger charge is 2.38. The van der Waals surface area contributed by atoms with E-state index in [1.165, 1.54) is 16.8 Å². The molecule has 1 fully saturated rings. The number of carbonyl (C=O) groups is 2. The van der Waals surface area contributed by atoms with Crippen LogP contribution in [0.2, 0.25) is 0 Å². The molecular weight excluding hydrogens is 362 g/mol. The predicted molar refractivity (Wildman–Crippen MR) is 107 cm³/mol. The summed E-state index contributed by atoms with van der Waals surface area (Å²) >= 11 is 1.34. The number of para-hydroxylation sites is 1. The van der Waals surface area contributed by atoms with Gasteiger partial charge in [0.05, 0.1) is 6.04 Å². The minimum absolute atomic E-state index is 0.197. The fourth-order valence-electron chi connectivity index (χ4n) is 2.91. The van der Waals surface area contributed by atoms with Crippen molar-refractivity contribution in [1.82, 2.24) is 9.91 Å². The van der Waals surface area contributed by atoms with Gasteiger partial charge in [0, 0.05) is 12.6 Å². The number of hydrazone groups is 1. The fourth-order valence-corrected chi connectivity index (χ4v) is 3.87. The van der Waals surface area contributed by atoms with Crippen molar-refractivity contribution >= 4 is 28.8 Å². The van der Waals surface area contributed by atoms with Crippen LogP contribution in [0.5, 0.6) is 5.75 Å². The Morgan fingerprint density at radius 3 is 2.81 bits per heavy atom. The van der Waals surface area contributed by atoms with Crippen LogP contribution in [-0.2, 0) is 4.79 Å². The van der Waals surface area contributed by atoms with Crippen LogP contribution < -0.4 is 4.74 Å². The maximum absolute atomic E-state index is 12.6. The molecule has 1 atom stereocenters. The van der Waals surface area contributed by atoms with Crippen LogP contribution in [0.1, 0.15) is 33.1 Å². The van der Waals surface area contributed by atoms with Gasteiger partial charge in [0.1, 0.15) is 15.8 Å². The number of benzene rings is 1.